The zero-order chi connectivity index (χ0) is 21.7. The maximum absolute atomic E-state index is 11.6. The van der Waals surface area contributed by atoms with E-state index in [0.717, 1.165) is 17.7 Å². The fraction of sp³-hybridized carbons (Fsp3) is 0.560. The van der Waals surface area contributed by atoms with Crippen LogP contribution in [0.4, 0.5) is 0 Å². The summed E-state index contributed by atoms with van der Waals surface area (Å²) in [6.07, 6.45) is 4.80. The zero-order valence-corrected chi connectivity index (χ0v) is 20.6. The summed E-state index contributed by atoms with van der Waals surface area (Å²) < 4.78 is 12.3. The van der Waals surface area contributed by atoms with E-state index in [1.54, 1.807) is 6.92 Å². The van der Waals surface area contributed by atoms with Crippen LogP contribution in [-0.2, 0) is 20.4 Å². The number of hydrogen-bond donors (Lipinski definition) is 0. The third-order valence-corrected chi connectivity index (χ3v) is 6.97. The average molecular weight is 462 g/mol. The number of fused-ring (bicyclic) bond motifs is 1. The number of hydrogen-bond acceptors (Lipinski definition) is 3. The molecule has 0 aromatic heterocycles. The summed E-state index contributed by atoms with van der Waals surface area (Å²) in [4.78, 5) is 14.8. The van der Waals surface area contributed by atoms with E-state index in [1.165, 1.54) is 34.5 Å². The minimum atomic E-state index is -0.337. The molecule has 29 heavy (non-hydrogen) atoms. The zero-order valence-electron chi connectivity index (χ0n) is 18.9. The first-order valence-corrected chi connectivity index (χ1v) is 12.2. The minimum absolute atomic E-state index is 0.0560. The molecule has 0 heterocycles. The first-order chi connectivity index (χ1) is 13.6. The molecule has 0 radical (unpaired) electrons. The van der Waals surface area contributed by atoms with Gasteiger partial charge in [-0.3, -0.25) is 0 Å². The number of carbonyl (C=O) groups excluding carboxylic acids is 1. The van der Waals surface area contributed by atoms with Crippen LogP contribution < -0.4 is 9.20 Å². The number of carbonyl (C=O) groups is 1. The summed E-state index contributed by atoms with van der Waals surface area (Å²) in [7, 11) is 0. The Bertz CT molecular complexity index is 838. The average Bonchev–Trinajstić information content (AvgIpc) is 2.64. The normalized spacial score (nSPS) is 17.0. The monoisotopic (exact) mass is 462 g/mol. The molecule has 0 N–H and O–H groups in total. The molecule has 4 heteroatoms. The third kappa shape index (κ3) is 6.14. The predicted octanol–water partition coefficient (Wildman–Crippen LogP) is 4.62. The Morgan fingerprint density at radius 2 is 1.76 bits per heavy atom. The molecule has 0 unspecified atom stereocenters. The molecule has 2 rings (SSSR count). The van der Waals surface area contributed by atoms with E-state index in [2.05, 4.69) is 57.5 Å². The second-order valence-electron chi connectivity index (χ2n) is 8.87. The van der Waals surface area contributed by atoms with Crippen LogP contribution in [0.5, 0.6) is 5.75 Å². The summed E-state index contributed by atoms with van der Waals surface area (Å²) in [6, 6.07) is 4.60. The fourth-order valence-electron chi connectivity index (χ4n) is 3.54. The fourth-order valence-corrected chi connectivity index (χ4v) is 5.04. The summed E-state index contributed by atoms with van der Waals surface area (Å²) in [5.74, 6) is 3.74. The van der Waals surface area contributed by atoms with E-state index in [1.807, 2.05) is 6.92 Å². The third-order valence-electron chi connectivity index (χ3n) is 5.41. The Kier molecular flexibility index (Phi) is 8.03. The Balaban J connectivity index is 2.39. The molecule has 0 aliphatic heterocycles. The molecule has 3 nitrogen and oxygen atoms in total. The predicted molar refractivity (Wildman–Crippen MR) is 121 cm³/mol. The van der Waals surface area contributed by atoms with Crippen molar-refractivity contribution in [3.05, 3.63) is 34.9 Å². The molecular formula is C25H34O3Se. The summed E-state index contributed by atoms with van der Waals surface area (Å²) in [6.45, 7) is 16.2. The Morgan fingerprint density at radius 3 is 2.34 bits per heavy atom. The van der Waals surface area contributed by atoms with Crippen LogP contribution in [0.15, 0.2) is 23.8 Å². The van der Waals surface area contributed by atoms with Crippen molar-refractivity contribution < 1.29 is 14.3 Å². The second-order valence-corrected chi connectivity index (χ2v) is 10.6. The molecule has 1 aliphatic carbocycles. The molecule has 158 valence electrons. The van der Waals surface area contributed by atoms with Crippen LogP contribution in [0, 0.1) is 10.7 Å². The summed E-state index contributed by atoms with van der Waals surface area (Å²) in [5.41, 5.74) is 3.87. The van der Waals surface area contributed by atoms with Gasteiger partial charge in [-0.05, 0) is 0 Å². The molecule has 1 aromatic rings. The van der Waals surface area contributed by atoms with Crippen molar-refractivity contribution in [2.24, 2.45) is 0 Å². The number of ether oxygens (including phenoxy) is 2. The Hall–Kier alpha value is -1.69. The van der Waals surface area contributed by atoms with E-state index in [0.29, 0.717) is 13.2 Å². The van der Waals surface area contributed by atoms with E-state index in [9.17, 15) is 4.79 Å². The van der Waals surface area contributed by atoms with Gasteiger partial charge in [0, 0.05) is 0 Å². The van der Waals surface area contributed by atoms with Gasteiger partial charge in [0.1, 0.15) is 0 Å². The van der Waals surface area contributed by atoms with Gasteiger partial charge in [-0.1, -0.05) is 0 Å². The molecule has 0 spiro atoms. The van der Waals surface area contributed by atoms with Gasteiger partial charge in [-0.15, -0.1) is 0 Å². The van der Waals surface area contributed by atoms with Crippen molar-refractivity contribution in [3.63, 3.8) is 0 Å². The van der Waals surface area contributed by atoms with Gasteiger partial charge in [0.05, 0.1) is 0 Å². The Labute approximate surface area is 182 Å². The quantitative estimate of drug-likeness (QED) is 0.268. The van der Waals surface area contributed by atoms with E-state index < -0.39 is 0 Å². The molecule has 0 fully saturated rings. The van der Waals surface area contributed by atoms with Gasteiger partial charge in [-0.2, -0.15) is 0 Å². The van der Waals surface area contributed by atoms with E-state index in [-0.39, 0.29) is 31.8 Å². The van der Waals surface area contributed by atoms with Gasteiger partial charge in [0.25, 0.3) is 0 Å². The standard InChI is InChI=1S/C25H34O3Se/c1-8-13-28-21-16-19-20(25(6,7)12-11-24(19,4)5)17-22(21)29-14-10-18(3)15-23(26)27-9-2/h15-17H,8-9,11-13H2,1-7H3. The van der Waals surface area contributed by atoms with Crippen LogP contribution in [-0.4, -0.2) is 34.1 Å². The molecule has 1 aromatic carbocycles. The number of allylic oxidation sites excluding steroid dienone is 1. The van der Waals surface area contributed by atoms with Crippen molar-refractivity contribution >= 4 is 25.4 Å². The van der Waals surface area contributed by atoms with Crippen molar-refractivity contribution in [1.82, 2.24) is 0 Å². The van der Waals surface area contributed by atoms with Crippen LogP contribution in [0.3, 0.4) is 0 Å². The summed E-state index contributed by atoms with van der Waals surface area (Å²) >= 11 is -0.0560. The maximum atomic E-state index is 11.6. The van der Waals surface area contributed by atoms with Gasteiger partial charge >= 0.3 is 183 Å². The number of esters is 1. The van der Waals surface area contributed by atoms with Gasteiger partial charge < -0.3 is 0 Å². The molecule has 0 atom stereocenters. The molecule has 0 saturated heterocycles. The van der Waals surface area contributed by atoms with Gasteiger partial charge in [0.2, 0.25) is 0 Å². The van der Waals surface area contributed by atoms with Crippen molar-refractivity contribution in [2.75, 3.05) is 13.2 Å². The van der Waals surface area contributed by atoms with Crippen molar-refractivity contribution in [2.45, 2.75) is 78.6 Å². The van der Waals surface area contributed by atoms with E-state index in [4.69, 9.17) is 9.47 Å². The van der Waals surface area contributed by atoms with Crippen molar-refractivity contribution in [3.8, 4) is 16.5 Å². The van der Waals surface area contributed by atoms with Crippen LogP contribution in [0.1, 0.15) is 78.9 Å². The van der Waals surface area contributed by atoms with Crippen LogP contribution >= 0.6 is 0 Å². The van der Waals surface area contributed by atoms with Gasteiger partial charge in [-0.25, -0.2) is 0 Å². The Morgan fingerprint density at radius 1 is 1.14 bits per heavy atom. The number of rotatable bonds is 6. The summed E-state index contributed by atoms with van der Waals surface area (Å²) in [5, 5.41) is 0. The van der Waals surface area contributed by atoms with E-state index >= 15 is 0 Å². The topological polar surface area (TPSA) is 35.5 Å². The molecule has 0 saturated carbocycles. The van der Waals surface area contributed by atoms with Crippen LogP contribution in [0.25, 0.3) is 0 Å². The van der Waals surface area contributed by atoms with Crippen molar-refractivity contribution in [1.29, 1.82) is 0 Å². The van der Waals surface area contributed by atoms with Gasteiger partial charge in [0.15, 0.2) is 0 Å². The first-order valence-electron chi connectivity index (χ1n) is 10.5. The second kappa shape index (κ2) is 9.88. The SMILES string of the molecule is CCCOc1cc2c(cc1[Se]C#CC(C)=CC(=O)OCC)C(C)(C)CCC2(C)C. The molecule has 0 amide bonds. The molecule has 1 aliphatic rings. The number of benzene rings is 1. The molecular weight excluding hydrogens is 427 g/mol. The first kappa shape index (κ1) is 23.6. The molecule has 0 bridgehead atoms. The van der Waals surface area contributed by atoms with Crippen LogP contribution in [0.2, 0.25) is 0 Å².